The van der Waals surface area contributed by atoms with E-state index in [0.717, 1.165) is 5.56 Å². The third-order valence-corrected chi connectivity index (χ3v) is 8.08. The number of amides is 1. The summed E-state index contributed by atoms with van der Waals surface area (Å²) in [6.45, 7) is 4.27. The molecule has 148 valence electrons. The molecule has 4 nitrogen and oxygen atoms in total. The zero-order valence-corrected chi connectivity index (χ0v) is 18.2. The van der Waals surface area contributed by atoms with Crippen molar-refractivity contribution in [3.8, 4) is 0 Å². The van der Waals surface area contributed by atoms with Crippen LogP contribution in [0.15, 0.2) is 34.8 Å². The van der Waals surface area contributed by atoms with Crippen molar-refractivity contribution >= 4 is 50.5 Å². The molecule has 2 aliphatic rings. The number of halogens is 3. The SMILES string of the molecule is CC1(C)[C@H](C=C(Cl)Cl)[C@H]1C(=O)N(Cc1ccccc1Cl)[C@@H]1CCS(=O)(=O)C1. The molecule has 8 heteroatoms. The molecule has 1 aromatic rings. The summed E-state index contributed by atoms with van der Waals surface area (Å²) < 4.78 is 24.1. The lowest BCUT2D eigenvalue weighted by molar-refractivity contribution is -0.136. The highest BCUT2D eigenvalue weighted by molar-refractivity contribution is 7.91. The fourth-order valence-electron chi connectivity index (χ4n) is 3.99. The minimum absolute atomic E-state index is 0.00684. The van der Waals surface area contributed by atoms with E-state index in [0.29, 0.717) is 11.4 Å². The van der Waals surface area contributed by atoms with Gasteiger partial charge in [-0.2, -0.15) is 0 Å². The van der Waals surface area contributed by atoms with Crippen molar-refractivity contribution in [2.45, 2.75) is 32.9 Å². The summed E-state index contributed by atoms with van der Waals surface area (Å²) in [5.41, 5.74) is 0.528. The van der Waals surface area contributed by atoms with Gasteiger partial charge < -0.3 is 4.90 Å². The molecule has 27 heavy (non-hydrogen) atoms. The minimum atomic E-state index is -3.12. The van der Waals surface area contributed by atoms with Gasteiger partial charge in [0.15, 0.2) is 9.84 Å². The molecule has 1 aliphatic heterocycles. The van der Waals surface area contributed by atoms with Crippen LogP contribution in [0.1, 0.15) is 25.8 Å². The molecular weight excluding hydrogens is 429 g/mol. The molecule has 1 saturated carbocycles. The van der Waals surface area contributed by atoms with Crippen molar-refractivity contribution in [3.63, 3.8) is 0 Å². The van der Waals surface area contributed by atoms with Crippen LogP contribution < -0.4 is 0 Å². The topological polar surface area (TPSA) is 54.5 Å². The van der Waals surface area contributed by atoms with Crippen LogP contribution in [0.25, 0.3) is 0 Å². The lowest BCUT2D eigenvalue weighted by Crippen LogP contribution is -2.42. The first-order chi connectivity index (χ1) is 12.5. The van der Waals surface area contributed by atoms with Crippen molar-refractivity contribution in [3.05, 3.63) is 45.4 Å². The molecular formula is C19H22Cl3NO3S. The molecule has 0 spiro atoms. The van der Waals surface area contributed by atoms with E-state index in [1.165, 1.54) is 0 Å². The second-order valence-electron chi connectivity index (χ2n) is 7.90. The maximum Gasteiger partial charge on any atom is 0.227 e. The molecule has 0 unspecified atom stereocenters. The van der Waals surface area contributed by atoms with E-state index in [-0.39, 0.29) is 51.7 Å². The molecule has 1 amide bonds. The molecule has 0 N–H and O–H groups in total. The number of carbonyl (C=O) groups is 1. The average molecular weight is 451 g/mol. The predicted molar refractivity (Wildman–Crippen MR) is 110 cm³/mol. The Kier molecular flexibility index (Phi) is 5.89. The van der Waals surface area contributed by atoms with Crippen molar-refractivity contribution in [2.24, 2.45) is 17.3 Å². The van der Waals surface area contributed by atoms with Crippen LogP contribution in [0.2, 0.25) is 5.02 Å². The molecule has 3 atom stereocenters. The van der Waals surface area contributed by atoms with Crippen molar-refractivity contribution in [1.82, 2.24) is 4.90 Å². The number of sulfone groups is 1. The lowest BCUT2D eigenvalue weighted by Gasteiger charge is -2.29. The minimum Gasteiger partial charge on any atom is -0.334 e. The smallest absolute Gasteiger partial charge is 0.227 e. The molecule has 1 aromatic carbocycles. The molecule has 3 rings (SSSR count). The zero-order chi connectivity index (χ0) is 20.0. The second kappa shape index (κ2) is 7.58. The lowest BCUT2D eigenvalue weighted by atomic mass is 10.1. The first-order valence-corrected chi connectivity index (χ1v) is 11.8. The first-order valence-electron chi connectivity index (χ1n) is 8.80. The maximum absolute atomic E-state index is 13.4. The summed E-state index contributed by atoms with van der Waals surface area (Å²) in [4.78, 5) is 15.1. The van der Waals surface area contributed by atoms with Crippen molar-refractivity contribution < 1.29 is 13.2 Å². The van der Waals surface area contributed by atoms with Crippen LogP contribution in [-0.4, -0.2) is 36.8 Å². The Morgan fingerprint density at radius 3 is 2.52 bits per heavy atom. The molecule has 2 fully saturated rings. The van der Waals surface area contributed by atoms with Gasteiger partial charge in [-0.1, -0.05) is 66.8 Å². The summed E-state index contributed by atoms with van der Waals surface area (Å²) in [5.74, 6) is -0.322. The van der Waals surface area contributed by atoms with Crippen LogP contribution in [0.4, 0.5) is 0 Å². The Labute approximate surface area is 175 Å². The van der Waals surface area contributed by atoms with E-state index in [1.807, 2.05) is 32.0 Å². The molecule has 0 aromatic heterocycles. The van der Waals surface area contributed by atoms with Gasteiger partial charge in [0.25, 0.3) is 0 Å². The van der Waals surface area contributed by atoms with Crippen LogP contribution in [0.5, 0.6) is 0 Å². The van der Waals surface area contributed by atoms with E-state index in [2.05, 4.69) is 0 Å². The van der Waals surface area contributed by atoms with Gasteiger partial charge in [-0.3, -0.25) is 4.79 Å². The van der Waals surface area contributed by atoms with Gasteiger partial charge >= 0.3 is 0 Å². The van der Waals surface area contributed by atoms with Crippen LogP contribution >= 0.6 is 34.8 Å². The fraction of sp³-hybridized carbons (Fsp3) is 0.526. The van der Waals surface area contributed by atoms with E-state index in [9.17, 15) is 13.2 Å². The van der Waals surface area contributed by atoms with Crippen LogP contribution in [-0.2, 0) is 21.2 Å². The molecule has 0 radical (unpaired) electrons. The number of hydrogen-bond acceptors (Lipinski definition) is 3. The van der Waals surface area contributed by atoms with E-state index in [1.54, 1.807) is 17.0 Å². The van der Waals surface area contributed by atoms with E-state index in [4.69, 9.17) is 34.8 Å². The normalized spacial score (nSPS) is 27.8. The number of nitrogens with zero attached hydrogens (tertiary/aromatic N) is 1. The highest BCUT2D eigenvalue weighted by Crippen LogP contribution is 2.60. The van der Waals surface area contributed by atoms with Gasteiger partial charge in [-0.15, -0.1) is 0 Å². The quantitative estimate of drug-likeness (QED) is 0.666. The third-order valence-electron chi connectivity index (χ3n) is 5.71. The molecule has 1 aliphatic carbocycles. The summed E-state index contributed by atoms with van der Waals surface area (Å²) in [6.07, 6.45) is 2.15. The highest BCUT2D eigenvalue weighted by Gasteiger charge is 2.62. The molecule has 0 bridgehead atoms. The van der Waals surface area contributed by atoms with Gasteiger partial charge in [0.05, 0.1) is 17.4 Å². The molecule has 1 heterocycles. The average Bonchev–Trinajstić information content (AvgIpc) is 2.90. The zero-order valence-electron chi connectivity index (χ0n) is 15.2. The Morgan fingerprint density at radius 1 is 1.30 bits per heavy atom. The number of benzene rings is 1. The van der Waals surface area contributed by atoms with Gasteiger partial charge in [0.1, 0.15) is 4.49 Å². The maximum atomic E-state index is 13.4. The monoisotopic (exact) mass is 449 g/mol. The number of rotatable bonds is 5. The Balaban J connectivity index is 1.89. The largest absolute Gasteiger partial charge is 0.334 e. The summed E-state index contributed by atoms with van der Waals surface area (Å²) in [5, 5.41) is 0.562. The molecule has 1 saturated heterocycles. The standard InChI is InChI=1S/C19H22Cl3NO3S/c1-19(2)14(9-16(21)22)17(19)18(24)23(13-7-8-27(25,26)11-13)10-12-5-3-4-6-15(12)20/h3-6,9,13-14,17H,7-8,10-11H2,1-2H3/t13-,14-,17+/m1/s1. The van der Waals surface area contributed by atoms with Gasteiger partial charge in [0.2, 0.25) is 5.91 Å². The summed E-state index contributed by atoms with van der Waals surface area (Å²) in [6, 6.07) is 6.97. The second-order valence-corrected chi connectivity index (χ2v) is 11.5. The van der Waals surface area contributed by atoms with E-state index >= 15 is 0 Å². The number of carbonyl (C=O) groups excluding carboxylic acids is 1. The van der Waals surface area contributed by atoms with Crippen LogP contribution in [0, 0.1) is 17.3 Å². The van der Waals surface area contributed by atoms with Gasteiger partial charge in [-0.05, 0) is 35.5 Å². The van der Waals surface area contributed by atoms with Crippen molar-refractivity contribution in [2.75, 3.05) is 11.5 Å². The Morgan fingerprint density at radius 2 is 1.96 bits per heavy atom. The summed E-state index contributed by atoms with van der Waals surface area (Å²) >= 11 is 17.9. The van der Waals surface area contributed by atoms with E-state index < -0.39 is 9.84 Å². The van der Waals surface area contributed by atoms with Gasteiger partial charge in [0, 0.05) is 17.6 Å². The Hall–Kier alpha value is -0.750. The van der Waals surface area contributed by atoms with Crippen LogP contribution in [0.3, 0.4) is 0 Å². The number of allylic oxidation sites excluding steroid dienone is 1. The van der Waals surface area contributed by atoms with Crippen molar-refractivity contribution in [1.29, 1.82) is 0 Å². The fourth-order valence-corrected chi connectivity index (χ4v) is 6.19. The first kappa shape index (κ1) is 21.0. The summed E-state index contributed by atoms with van der Waals surface area (Å²) in [7, 11) is -3.12. The number of hydrogen-bond donors (Lipinski definition) is 0. The third kappa shape index (κ3) is 4.47. The predicted octanol–water partition coefficient (Wildman–Crippen LogP) is 4.45. The Bertz CT molecular complexity index is 878. The highest BCUT2D eigenvalue weighted by atomic mass is 35.5. The van der Waals surface area contributed by atoms with Gasteiger partial charge in [-0.25, -0.2) is 8.42 Å².